The molecule has 0 radical (unpaired) electrons. The van der Waals surface area contributed by atoms with Crippen LogP contribution in [0.3, 0.4) is 0 Å². The highest BCUT2D eigenvalue weighted by Gasteiger charge is 2.27. The summed E-state index contributed by atoms with van der Waals surface area (Å²) in [5.74, 6) is 0.754. The zero-order valence-electron chi connectivity index (χ0n) is 9.37. The van der Waals surface area contributed by atoms with Crippen LogP contribution in [-0.4, -0.2) is 9.78 Å². The average Bonchev–Trinajstić information content (AvgIpc) is 2.57. The van der Waals surface area contributed by atoms with Crippen LogP contribution in [0.25, 0.3) is 5.69 Å². The molecule has 1 aliphatic heterocycles. The zero-order chi connectivity index (χ0) is 12.2. The Hall–Kier alpha value is -1.00. The van der Waals surface area contributed by atoms with Crippen molar-refractivity contribution in [3.63, 3.8) is 0 Å². The predicted octanol–water partition coefficient (Wildman–Crippen LogP) is 4.05. The molecule has 1 aliphatic rings. The molecule has 3 rings (SSSR count). The van der Waals surface area contributed by atoms with E-state index in [0.29, 0.717) is 5.02 Å². The van der Waals surface area contributed by atoms with Crippen molar-refractivity contribution < 1.29 is 4.74 Å². The van der Waals surface area contributed by atoms with Gasteiger partial charge in [0.05, 0.1) is 11.4 Å². The van der Waals surface area contributed by atoms with Crippen LogP contribution in [-0.2, 0) is 0 Å². The molecule has 0 N–H and O–H groups in total. The second kappa shape index (κ2) is 3.75. The second-order valence-corrected chi connectivity index (χ2v) is 5.31. The monoisotopic (exact) mass is 312 g/mol. The van der Waals surface area contributed by atoms with E-state index in [-0.39, 0.29) is 6.10 Å². The Morgan fingerprint density at radius 3 is 3.00 bits per heavy atom. The van der Waals surface area contributed by atoms with Gasteiger partial charge < -0.3 is 4.74 Å². The van der Waals surface area contributed by atoms with Gasteiger partial charge in [0.1, 0.15) is 10.6 Å². The smallest absolute Gasteiger partial charge is 0.232 e. The van der Waals surface area contributed by atoms with Gasteiger partial charge in [-0.25, -0.2) is 0 Å². The fourth-order valence-corrected chi connectivity index (χ4v) is 2.55. The summed E-state index contributed by atoms with van der Waals surface area (Å²) in [5, 5.41) is 5.17. The van der Waals surface area contributed by atoms with Crippen molar-refractivity contribution in [2.75, 3.05) is 0 Å². The topological polar surface area (TPSA) is 27.1 Å². The number of aromatic nitrogens is 2. The van der Waals surface area contributed by atoms with E-state index in [9.17, 15) is 0 Å². The molecular formula is C12H10BrClN2O. The molecule has 1 atom stereocenters. The van der Waals surface area contributed by atoms with Crippen LogP contribution < -0.4 is 4.74 Å². The van der Waals surface area contributed by atoms with Crippen LogP contribution in [0.4, 0.5) is 0 Å². The lowest BCUT2D eigenvalue weighted by atomic mass is 10.1. The number of rotatable bonds is 0. The Balaban J connectivity index is 2.30. The molecule has 0 bridgehead atoms. The van der Waals surface area contributed by atoms with E-state index in [4.69, 9.17) is 16.3 Å². The summed E-state index contributed by atoms with van der Waals surface area (Å²) >= 11 is 9.51. The molecule has 3 nitrogen and oxygen atoms in total. The van der Waals surface area contributed by atoms with Crippen LogP contribution in [0.5, 0.6) is 5.88 Å². The molecule has 1 aromatic heterocycles. The molecule has 0 aliphatic carbocycles. The molecule has 2 heterocycles. The Labute approximate surface area is 112 Å². The lowest BCUT2D eigenvalue weighted by molar-refractivity contribution is 0.197. The standard InChI is InChI=1S/C12H10BrClN2O/c1-6-11(13)12-16(15-6)10-4-3-8(14)5-9(10)7(2)17-12/h3-5,7H,1-2H3. The number of nitrogens with zero attached hydrogens (tertiary/aromatic N) is 2. The van der Waals surface area contributed by atoms with E-state index in [1.807, 2.05) is 36.7 Å². The van der Waals surface area contributed by atoms with Crippen molar-refractivity contribution in [2.24, 2.45) is 0 Å². The third-order valence-corrected chi connectivity index (χ3v) is 4.04. The number of benzene rings is 1. The van der Waals surface area contributed by atoms with Crippen molar-refractivity contribution >= 4 is 27.5 Å². The Bertz CT molecular complexity index is 609. The fourth-order valence-electron chi connectivity index (χ4n) is 2.03. The Morgan fingerprint density at radius 2 is 2.24 bits per heavy atom. The summed E-state index contributed by atoms with van der Waals surface area (Å²) in [6.45, 7) is 3.95. The zero-order valence-corrected chi connectivity index (χ0v) is 11.7. The first kappa shape index (κ1) is 11.1. The lowest BCUT2D eigenvalue weighted by Gasteiger charge is -2.25. The highest BCUT2D eigenvalue weighted by atomic mass is 79.9. The summed E-state index contributed by atoms with van der Waals surface area (Å²) < 4.78 is 8.58. The van der Waals surface area contributed by atoms with Gasteiger partial charge in [-0.2, -0.15) is 9.78 Å². The molecule has 1 unspecified atom stereocenters. The predicted molar refractivity (Wildman–Crippen MR) is 70.1 cm³/mol. The minimum atomic E-state index is -0.0244. The third kappa shape index (κ3) is 1.58. The van der Waals surface area contributed by atoms with Crippen molar-refractivity contribution in [3.05, 3.63) is 39.0 Å². The van der Waals surface area contributed by atoms with E-state index >= 15 is 0 Å². The quantitative estimate of drug-likeness (QED) is 0.733. The van der Waals surface area contributed by atoms with Gasteiger partial charge in [-0.15, -0.1) is 0 Å². The first-order chi connectivity index (χ1) is 8.08. The fraction of sp³-hybridized carbons (Fsp3) is 0.250. The van der Waals surface area contributed by atoms with Crippen molar-refractivity contribution in [1.82, 2.24) is 9.78 Å². The van der Waals surface area contributed by atoms with Crippen LogP contribution in [0.2, 0.25) is 5.02 Å². The highest BCUT2D eigenvalue weighted by molar-refractivity contribution is 9.10. The summed E-state index contributed by atoms with van der Waals surface area (Å²) in [6, 6.07) is 5.77. The van der Waals surface area contributed by atoms with E-state index in [0.717, 1.165) is 27.3 Å². The molecule has 0 amide bonds. The van der Waals surface area contributed by atoms with Gasteiger partial charge in [0.25, 0.3) is 0 Å². The SMILES string of the molecule is Cc1nn2c(c1Br)OC(C)c1cc(Cl)ccc1-2. The van der Waals surface area contributed by atoms with Gasteiger partial charge in [-0.05, 0) is 48.0 Å². The maximum Gasteiger partial charge on any atom is 0.232 e. The van der Waals surface area contributed by atoms with Gasteiger partial charge >= 0.3 is 0 Å². The average molecular weight is 314 g/mol. The van der Waals surface area contributed by atoms with E-state index in [1.165, 1.54) is 0 Å². The van der Waals surface area contributed by atoms with Crippen molar-refractivity contribution in [3.8, 4) is 11.6 Å². The molecule has 17 heavy (non-hydrogen) atoms. The minimum Gasteiger partial charge on any atom is -0.469 e. The van der Waals surface area contributed by atoms with E-state index in [1.54, 1.807) is 0 Å². The molecule has 2 aromatic rings. The molecule has 0 saturated carbocycles. The van der Waals surface area contributed by atoms with Crippen molar-refractivity contribution in [1.29, 1.82) is 0 Å². The van der Waals surface area contributed by atoms with Gasteiger partial charge in [-0.1, -0.05) is 11.6 Å². The Kier molecular flexibility index (Phi) is 2.45. The van der Waals surface area contributed by atoms with E-state index in [2.05, 4.69) is 21.0 Å². The van der Waals surface area contributed by atoms with Gasteiger partial charge in [-0.3, -0.25) is 0 Å². The first-order valence-corrected chi connectivity index (χ1v) is 6.46. The first-order valence-electron chi connectivity index (χ1n) is 5.29. The molecule has 0 fully saturated rings. The minimum absolute atomic E-state index is 0.0244. The number of aryl methyl sites for hydroxylation is 1. The van der Waals surface area contributed by atoms with Crippen molar-refractivity contribution in [2.45, 2.75) is 20.0 Å². The molecule has 0 saturated heterocycles. The number of hydrogen-bond acceptors (Lipinski definition) is 2. The van der Waals surface area contributed by atoms with Crippen LogP contribution in [0, 0.1) is 6.92 Å². The number of ether oxygens (including phenoxy) is 1. The normalized spacial score (nSPS) is 17.3. The molecular weight excluding hydrogens is 304 g/mol. The second-order valence-electron chi connectivity index (χ2n) is 4.08. The number of hydrogen-bond donors (Lipinski definition) is 0. The molecule has 1 aromatic carbocycles. The molecule has 0 spiro atoms. The molecule has 88 valence electrons. The van der Waals surface area contributed by atoms with Crippen LogP contribution in [0.15, 0.2) is 22.7 Å². The van der Waals surface area contributed by atoms with Gasteiger partial charge in [0, 0.05) is 10.6 Å². The summed E-state index contributed by atoms with van der Waals surface area (Å²) in [5.41, 5.74) is 2.99. The van der Waals surface area contributed by atoms with Gasteiger partial charge in [0.2, 0.25) is 5.88 Å². The van der Waals surface area contributed by atoms with Crippen LogP contribution in [0.1, 0.15) is 24.3 Å². The highest BCUT2D eigenvalue weighted by Crippen LogP contribution is 2.40. The van der Waals surface area contributed by atoms with Gasteiger partial charge in [0.15, 0.2) is 0 Å². The summed E-state index contributed by atoms with van der Waals surface area (Å²) in [6.07, 6.45) is -0.0244. The third-order valence-electron chi connectivity index (χ3n) is 2.89. The van der Waals surface area contributed by atoms with E-state index < -0.39 is 0 Å². The Morgan fingerprint density at radius 1 is 1.47 bits per heavy atom. The number of fused-ring (bicyclic) bond motifs is 3. The lowest BCUT2D eigenvalue weighted by Crippen LogP contribution is -2.16. The number of halogens is 2. The van der Waals surface area contributed by atoms with Crippen LogP contribution >= 0.6 is 27.5 Å². The molecule has 5 heteroatoms. The maximum atomic E-state index is 6.01. The summed E-state index contributed by atoms with van der Waals surface area (Å²) in [7, 11) is 0. The maximum absolute atomic E-state index is 6.01. The largest absolute Gasteiger partial charge is 0.469 e. The summed E-state index contributed by atoms with van der Waals surface area (Å²) in [4.78, 5) is 0.